The summed E-state index contributed by atoms with van der Waals surface area (Å²) >= 11 is 3.48. The Morgan fingerprint density at radius 3 is 2.26 bits per heavy atom. The third-order valence-corrected chi connectivity index (χ3v) is 9.94. The number of carbonyl (C=O) groups is 2. The highest BCUT2D eigenvalue weighted by Crippen LogP contribution is 2.26. The van der Waals surface area contributed by atoms with Crippen LogP contribution in [0.3, 0.4) is 0 Å². The summed E-state index contributed by atoms with van der Waals surface area (Å²) in [5.74, 6) is -0.325. The Morgan fingerprint density at radius 2 is 1.60 bits per heavy atom. The Labute approximate surface area is 264 Å². The van der Waals surface area contributed by atoms with Crippen LogP contribution in [0.4, 0.5) is 5.69 Å². The summed E-state index contributed by atoms with van der Waals surface area (Å²) < 4.78 is 27.9. The number of halogens is 1. The quantitative estimate of drug-likeness (QED) is 0.231. The Kier molecular flexibility index (Phi) is 11.4. The highest BCUT2D eigenvalue weighted by molar-refractivity contribution is 9.10. The van der Waals surface area contributed by atoms with Crippen molar-refractivity contribution in [3.05, 3.63) is 99.5 Å². The van der Waals surface area contributed by atoms with Crippen LogP contribution in [0.15, 0.2) is 77.3 Å². The lowest BCUT2D eigenvalue weighted by Crippen LogP contribution is -2.52. The van der Waals surface area contributed by atoms with Crippen molar-refractivity contribution in [3.8, 4) is 0 Å². The third-order valence-electron chi connectivity index (χ3n) is 8.24. The summed E-state index contributed by atoms with van der Waals surface area (Å²) in [5.41, 5.74) is 4.40. The number of benzene rings is 3. The van der Waals surface area contributed by atoms with Crippen LogP contribution in [0.5, 0.6) is 0 Å². The Bertz CT molecular complexity index is 1490. The molecule has 1 aliphatic rings. The van der Waals surface area contributed by atoms with Gasteiger partial charge in [0.1, 0.15) is 6.04 Å². The number of amides is 2. The zero-order valence-corrected chi connectivity index (χ0v) is 27.7. The number of anilines is 1. The van der Waals surface area contributed by atoms with Crippen molar-refractivity contribution >= 4 is 43.5 Å². The molecular weight excluding hydrogens is 626 g/mol. The van der Waals surface area contributed by atoms with Gasteiger partial charge in [-0.2, -0.15) is 0 Å². The molecule has 0 unspecified atom stereocenters. The Balaban J connectivity index is 1.59. The van der Waals surface area contributed by atoms with Crippen molar-refractivity contribution in [1.29, 1.82) is 0 Å². The monoisotopic (exact) mass is 667 g/mol. The first kappa shape index (κ1) is 32.7. The van der Waals surface area contributed by atoms with Crippen molar-refractivity contribution in [1.82, 2.24) is 10.2 Å². The maximum absolute atomic E-state index is 14.0. The molecule has 1 saturated carbocycles. The van der Waals surface area contributed by atoms with E-state index in [4.69, 9.17) is 0 Å². The molecule has 0 spiro atoms. The molecule has 1 atom stereocenters. The molecule has 1 N–H and O–H groups in total. The number of nitrogens with one attached hydrogen (secondary N) is 1. The zero-order valence-electron chi connectivity index (χ0n) is 25.3. The fourth-order valence-electron chi connectivity index (χ4n) is 5.70. The van der Waals surface area contributed by atoms with Gasteiger partial charge in [0.05, 0.1) is 11.9 Å². The summed E-state index contributed by atoms with van der Waals surface area (Å²) in [4.78, 5) is 29.6. The second-order valence-corrected chi connectivity index (χ2v) is 14.3. The van der Waals surface area contributed by atoms with Gasteiger partial charge < -0.3 is 10.2 Å². The fourth-order valence-corrected chi connectivity index (χ4v) is 6.98. The van der Waals surface area contributed by atoms with Gasteiger partial charge in [0.25, 0.3) is 0 Å². The molecule has 9 heteroatoms. The first-order chi connectivity index (χ1) is 20.5. The van der Waals surface area contributed by atoms with Crippen LogP contribution in [0, 0.1) is 13.8 Å². The van der Waals surface area contributed by atoms with E-state index in [-0.39, 0.29) is 37.4 Å². The van der Waals surface area contributed by atoms with Crippen molar-refractivity contribution < 1.29 is 18.0 Å². The summed E-state index contributed by atoms with van der Waals surface area (Å²) in [5, 5.41) is 3.23. The fraction of sp³-hybridized carbons (Fsp3) is 0.412. The molecule has 1 fully saturated rings. The number of sulfonamides is 1. The number of nitrogens with zero attached hydrogens (tertiary/aromatic N) is 2. The molecule has 3 aromatic rings. The SMILES string of the molecule is Cc1cccc(N(CCCC(=O)N(Cc2ccc(Br)cc2)[C@@H](Cc2ccccc2)C(=O)NC2CCCC2)S(C)(=O)=O)c1C. The molecule has 0 radical (unpaired) electrons. The van der Waals surface area contributed by atoms with E-state index in [1.165, 1.54) is 10.6 Å². The number of hydrogen-bond donors (Lipinski definition) is 1. The molecule has 0 heterocycles. The van der Waals surface area contributed by atoms with E-state index < -0.39 is 16.1 Å². The number of carbonyl (C=O) groups excluding carboxylic acids is 2. The van der Waals surface area contributed by atoms with E-state index in [1.807, 2.05) is 80.6 Å². The molecule has 4 rings (SSSR count). The van der Waals surface area contributed by atoms with E-state index in [0.717, 1.165) is 52.4 Å². The number of rotatable bonds is 13. The van der Waals surface area contributed by atoms with Gasteiger partial charge >= 0.3 is 0 Å². The first-order valence-electron chi connectivity index (χ1n) is 14.9. The average Bonchev–Trinajstić information content (AvgIpc) is 3.48. The topological polar surface area (TPSA) is 86.8 Å². The molecule has 230 valence electrons. The van der Waals surface area contributed by atoms with Crippen LogP contribution in [-0.4, -0.2) is 50.0 Å². The van der Waals surface area contributed by atoms with Crippen molar-refractivity contribution in [2.45, 2.75) is 77.4 Å². The van der Waals surface area contributed by atoms with Gasteiger partial charge in [-0.05, 0) is 73.6 Å². The van der Waals surface area contributed by atoms with Gasteiger partial charge in [-0.3, -0.25) is 13.9 Å². The summed E-state index contributed by atoms with van der Waals surface area (Å²) in [7, 11) is -3.57. The molecular formula is C34H42BrN3O4S. The molecule has 0 saturated heterocycles. The van der Waals surface area contributed by atoms with Crippen LogP contribution >= 0.6 is 15.9 Å². The molecule has 7 nitrogen and oxygen atoms in total. The van der Waals surface area contributed by atoms with Crippen LogP contribution < -0.4 is 9.62 Å². The van der Waals surface area contributed by atoms with E-state index in [0.29, 0.717) is 18.5 Å². The van der Waals surface area contributed by atoms with Gasteiger partial charge in [0, 0.05) is 36.4 Å². The number of hydrogen-bond acceptors (Lipinski definition) is 4. The molecule has 2 amide bonds. The first-order valence-corrected chi connectivity index (χ1v) is 17.6. The average molecular weight is 669 g/mol. The molecule has 0 aliphatic heterocycles. The lowest BCUT2D eigenvalue weighted by atomic mass is 10.0. The predicted molar refractivity (Wildman–Crippen MR) is 176 cm³/mol. The van der Waals surface area contributed by atoms with Gasteiger partial charge in [-0.15, -0.1) is 0 Å². The van der Waals surface area contributed by atoms with Crippen molar-refractivity contribution in [3.63, 3.8) is 0 Å². The van der Waals surface area contributed by atoms with Crippen molar-refractivity contribution in [2.24, 2.45) is 0 Å². The predicted octanol–water partition coefficient (Wildman–Crippen LogP) is 6.31. The van der Waals surface area contributed by atoms with Crippen molar-refractivity contribution in [2.75, 3.05) is 17.1 Å². The number of aryl methyl sites for hydroxylation is 1. The normalized spacial score (nSPS) is 14.3. The summed E-state index contributed by atoms with van der Waals surface area (Å²) in [6.45, 7) is 4.30. The summed E-state index contributed by atoms with van der Waals surface area (Å²) in [6, 6.07) is 22.5. The molecule has 43 heavy (non-hydrogen) atoms. The van der Waals surface area contributed by atoms with Crippen LogP contribution in [0.25, 0.3) is 0 Å². The van der Waals surface area contributed by atoms with E-state index in [2.05, 4.69) is 21.2 Å². The van der Waals surface area contributed by atoms with Crippen LogP contribution in [0.1, 0.15) is 60.8 Å². The molecule has 3 aromatic carbocycles. The molecule has 0 bridgehead atoms. The maximum Gasteiger partial charge on any atom is 0.243 e. The maximum atomic E-state index is 14.0. The van der Waals surface area contributed by atoms with Crippen LogP contribution in [0.2, 0.25) is 0 Å². The lowest BCUT2D eigenvalue weighted by Gasteiger charge is -2.33. The standard InChI is InChI=1S/C34H42BrN3O4S/c1-25-11-9-16-31(26(25)2)38(43(3,41)42)22-10-17-33(39)37(24-28-18-20-29(35)21-19-28)32(23-27-12-5-4-6-13-27)34(40)36-30-14-7-8-15-30/h4-6,9,11-13,16,18-21,30,32H,7-8,10,14-15,17,22-24H2,1-3H3,(H,36,40)/t32-/m0/s1. The van der Waals surface area contributed by atoms with E-state index >= 15 is 0 Å². The molecule has 0 aromatic heterocycles. The second kappa shape index (κ2) is 15.0. The Hall–Kier alpha value is -3.17. The van der Waals surface area contributed by atoms with Crippen LogP contribution in [-0.2, 0) is 32.6 Å². The molecule has 1 aliphatic carbocycles. The Morgan fingerprint density at radius 1 is 0.930 bits per heavy atom. The minimum Gasteiger partial charge on any atom is -0.352 e. The minimum absolute atomic E-state index is 0.107. The lowest BCUT2D eigenvalue weighted by molar-refractivity contribution is -0.141. The third kappa shape index (κ3) is 9.16. The summed E-state index contributed by atoms with van der Waals surface area (Å²) in [6.07, 6.45) is 6.08. The van der Waals surface area contributed by atoms with E-state index in [9.17, 15) is 18.0 Å². The van der Waals surface area contributed by atoms with Gasteiger partial charge in [-0.1, -0.05) is 83.4 Å². The van der Waals surface area contributed by atoms with E-state index in [1.54, 1.807) is 11.0 Å². The van der Waals surface area contributed by atoms with Gasteiger partial charge in [0.15, 0.2) is 0 Å². The second-order valence-electron chi connectivity index (χ2n) is 11.5. The van der Waals surface area contributed by atoms with Gasteiger partial charge in [-0.25, -0.2) is 8.42 Å². The van der Waals surface area contributed by atoms with Gasteiger partial charge in [0.2, 0.25) is 21.8 Å². The zero-order chi connectivity index (χ0) is 31.0. The highest BCUT2D eigenvalue weighted by Gasteiger charge is 2.32. The smallest absolute Gasteiger partial charge is 0.243 e. The highest BCUT2D eigenvalue weighted by atomic mass is 79.9. The largest absolute Gasteiger partial charge is 0.352 e. The minimum atomic E-state index is -3.57.